The van der Waals surface area contributed by atoms with E-state index in [2.05, 4.69) is 10.6 Å². The van der Waals surface area contributed by atoms with Crippen LogP contribution in [0.4, 0.5) is 11.4 Å². The summed E-state index contributed by atoms with van der Waals surface area (Å²) in [5, 5.41) is 6.17. The Morgan fingerprint density at radius 3 is 3.00 bits per heavy atom. The summed E-state index contributed by atoms with van der Waals surface area (Å²) in [5.41, 5.74) is 7.75. The standard InChI is InChI=1S/C13H17N3O2/c14-7-13(3-4-13)8-15-9-1-2-11-10(5-9)16-12(17)6-18-11/h1-2,5,15H,3-4,6-8,14H2,(H,16,17). The first-order valence-electron chi connectivity index (χ1n) is 6.21. The first-order valence-corrected chi connectivity index (χ1v) is 6.21. The molecule has 1 aromatic rings. The fourth-order valence-electron chi connectivity index (χ4n) is 2.11. The number of benzene rings is 1. The predicted octanol–water partition coefficient (Wildman–Crippen LogP) is 1.17. The summed E-state index contributed by atoms with van der Waals surface area (Å²) < 4.78 is 5.31. The Bertz CT molecular complexity index is 483. The number of amides is 1. The quantitative estimate of drug-likeness (QED) is 0.746. The lowest BCUT2D eigenvalue weighted by Crippen LogP contribution is -2.26. The summed E-state index contributed by atoms with van der Waals surface area (Å²) in [7, 11) is 0. The highest BCUT2D eigenvalue weighted by Crippen LogP contribution is 2.44. The maximum Gasteiger partial charge on any atom is 0.262 e. The van der Waals surface area contributed by atoms with Gasteiger partial charge < -0.3 is 21.1 Å². The molecule has 96 valence electrons. The highest BCUT2D eigenvalue weighted by Gasteiger charge is 2.40. The molecule has 2 aliphatic rings. The zero-order valence-corrected chi connectivity index (χ0v) is 10.2. The molecule has 5 nitrogen and oxygen atoms in total. The Hall–Kier alpha value is -1.75. The summed E-state index contributed by atoms with van der Waals surface area (Å²) in [4.78, 5) is 11.2. The van der Waals surface area contributed by atoms with Gasteiger partial charge >= 0.3 is 0 Å². The largest absolute Gasteiger partial charge is 0.482 e. The second-order valence-electron chi connectivity index (χ2n) is 5.11. The molecule has 1 amide bonds. The summed E-state index contributed by atoms with van der Waals surface area (Å²) in [6, 6.07) is 5.74. The molecule has 0 bridgehead atoms. The number of nitrogens with two attached hydrogens (primary N) is 1. The van der Waals surface area contributed by atoms with Gasteiger partial charge in [0.25, 0.3) is 5.91 Å². The van der Waals surface area contributed by atoms with E-state index in [9.17, 15) is 4.79 Å². The van der Waals surface area contributed by atoms with Gasteiger partial charge in [-0.25, -0.2) is 0 Å². The zero-order chi connectivity index (χ0) is 12.6. The Labute approximate surface area is 106 Å². The minimum Gasteiger partial charge on any atom is -0.482 e. The molecule has 1 aromatic carbocycles. The number of anilines is 2. The molecule has 0 atom stereocenters. The van der Waals surface area contributed by atoms with Crippen molar-refractivity contribution in [3.05, 3.63) is 18.2 Å². The molecular weight excluding hydrogens is 230 g/mol. The van der Waals surface area contributed by atoms with Gasteiger partial charge in [0.15, 0.2) is 6.61 Å². The molecular formula is C13H17N3O2. The number of hydrogen-bond donors (Lipinski definition) is 3. The van der Waals surface area contributed by atoms with E-state index in [-0.39, 0.29) is 17.9 Å². The van der Waals surface area contributed by atoms with Gasteiger partial charge in [-0.1, -0.05) is 0 Å². The third-order valence-electron chi connectivity index (χ3n) is 3.67. The van der Waals surface area contributed by atoms with Gasteiger partial charge in [0.05, 0.1) is 5.69 Å². The van der Waals surface area contributed by atoms with Crippen LogP contribution >= 0.6 is 0 Å². The van der Waals surface area contributed by atoms with E-state index in [4.69, 9.17) is 10.5 Å². The molecule has 0 spiro atoms. The monoisotopic (exact) mass is 247 g/mol. The van der Waals surface area contributed by atoms with Gasteiger partial charge in [-0.2, -0.15) is 0 Å². The zero-order valence-electron chi connectivity index (χ0n) is 10.2. The third-order valence-corrected chi connectivity index (χ3v) is 3.67. The van der Waals surface area contributed by atoms with E-state index in [1.165, 1.54) is 12.8 Å². The average Bonchev–Trinajstić information content (AvgIpc) is 3.16. The smallest absolute Gasteiger partial charge is 0.262 e. The second kappa shape index (κ2) is 4.17. The van der Waals surface area contributed by atoms with Crippen molar-refractivity contribution in [2.24, 2.45) is 11.1 Å². The van der Waals surface area contributed by atoms with Crippen LogP contribution < -0.4 is 21.1 Å². The van der Waals surface area contributed by atoms with Crippen LogP contribution in [0.25, 0.3) is 0 Å². The maximum absolute atomic E-state index is 11.2. The number of hydrogen-bond acceptors (Lipinski definition) is 4. The summed E-state index contributed by atoms with van der Waals surface area (Å²) >= 11 is 0. The van der Waals surface area contributed by atoms with Crippen LogP contribution in [-0.4, -0.2) is 25.6 Å². The van der Waals surface area contributed by atoms with Crippen LogP contribution in [0.2, 0.25) is 0 Å². The van der Waals surface area contributed by atoms with Gasteiger partial charge in [0, 0.05) is 12.2 Å². The lowest BCUT2D eigenvalue weighted by molar-refractivity contribution is -0.118. The predicted molar refractivity (Wildman–Crippen MR) is 69.8 cm³/mol. The molecule has 1 saturated carbocycles. The summed E-state index contributed by atoms with van der Waals surface area (Å²) in [6.07, 6.45) is 2.39. The van der Waals surface area contributed by atoms with Crippen molar-refractivity contribution in [2.45, 2.75) is 12.8 Å². The van der Waals surface area contributed by atoms with Gasteiger partial charge in [0.1, 0.15) is 5.75 Å². The van der Waals surface area contributed by atoms with E-state index in [0.29, 0.717) is 0 Å². The van der Waals surface area contributed by atoms with Crippen LogP contribution in [0.1, 0.15) is 12.8 Å². The molecule has 18 heavy (non-hydrogen) atoms. The van der Waals surface area contributed by atoms with Gasteiger partial charge in [-0.15, -0.1) is 0 Å². The Kier molecular flexibility index (Phi) is 2.63. The number of carbonyl (C=O) groups excluding carboxylic acids is 1. The number of carbonyl (C=O) groups is 1. The first kappa shape index (κ1) is 11.3. The Morgan fingerprint density at radius 2 is 2.28 bits per heavy atom. The lowest BCUT2D eigenvalue weighted by atomic mass is 10.1. The number of nitrogens with one attached hydrogen (secondary N) is 2. The lowest BCUT2D eigenvalue weighted by Gasteiger charge is -2.20. The van der Waals surface area contributed by atoms with Crippen LogP contribution in [-0.2, 0) is 4.79 Å². The highest BCUT2D eigenvalue weighted by atomic mass is 16.5. The van der Waals surface area contributed by atoms with Crippen LogP contribution in [0, 0.1) is 5.41 Å². The normalized spacial score (nSPS) is 19.5. The van der Waals surface area contributed by atoms with Crippen molar-refractivity contribution in [1.29, 1.82) is 0 Å². The van der Waals surface area contributed by atoms with Gasteiger partial charge in [0.2, 0.25) is 0 Å². The molecule has 1 heterocycles. The van der Waals surface area contributed by atoms with E-state index >= 15 is 0 Å². The van der Waals surface area contributed by atoms with Crippen LogP contribution in [0.15, 0.2) is 18.2 Å². The third kappa shape index (κ3) is 2.13. The molecule has 1 aliphatic carbocycles. The molecule has 3 rings (SSSR count). The van der Waals surface area contributed by atoms with Crippen molar-refractivity contribution < 1.29 is 9.53 Å². The molecule has 0 saturated heterocycles. The van der Waals surface area contributed by atoms with E-state index in [1.54, 1.807) is 0 Å². The number of fused-ring (bicyclic) bond motifs is 1. The molecule has 0 unspecified atom stereocenters. The minimum absolute atomic E-state index is 0.0933. The summed E-state index contributed by atoms with van der Waals surface area (Å²) in [6.45, 7) is 1.71. The van der Waals surface area contributed by atoms with Crippen LogP contribution in [0.3, 0.4) is 0 Å². The molecule has 4 N–H and O–H groups in total. The Morgan fingerprint density at radius 1 is 1.44 bits per heavy atom. The molecule has 0 radical (unpaired) electrons. The molecule has 1 aliphatic heterocycles. The van der Waals surface area contributed by atoms with Crippen molar-refractivity contribution in [3.63, 3.8) is 0 Å². The fourth-order valence-corrected chi connectivity index (χ4v) is 2.11. The SMILES string of the molecule is NCC1(CNc2ccc3c(c2)NC(=O)CO3)CC1. The Balaban J connectivity index is 1.70. The van der Waals surface area contributed by atoms with Crippen molar-refractivity contribution >= 4 is 17.3 Å². The van der Waals surface area contributed by atoms with Crippen LogP contribution in [0.5, 0.6) is 5.75 Å². The number of ether oxygens (including phenoxy) is 1. The average molecular weight is 247 g/mol. The van der Waals surface area contributed by atoms with E-state index < -0.39 is 0 Å². The minimum atomic E-state index is -0.111. The second-order valence-corrected chi connectivity index (χ2v) is 5.11. The topological polar surface area (TPSA) is 76.4 Å². The van der Waals surface area contributed by atoms with Crippen molar-refractivity contribution in [3.8, 4) is 5.75 Å². The first-order chi connectivity index (χ1) is 8.71. The molecule has 5 heteroatoms. The fraction of sp³-hybridized carbons (Fsp3) is 0.462. The molecule has 1 fully saturated rings. The van der Waals surface area contributed by atoms with Gasteiger partial charge in [-0.05, 0) is 43.0 Å². The number of rotatable bonds is 4. The van der Waals surface area contributed by atoms with Crippen molar-refractivity contribution in [1.82, 2.24) is 0 Å². The van der Waals surface area contributed by atoms with E-state index in [1.807, 2.05) is 18.2 Å². The summed E-state index contributed by atoms with van der Waals surface area (Å²) in [5.74, 6) is 0.611. The molecule has 0 aromatic heterocycles. The maximum atomic E-state index is 11.2. The van der Waals surface area contributed by atoms with Crippen molar-refractivity contribution in [2.75, 3.05) is 30.3 Å². The van der Waals surface area contributed by atoms with E-state index in [0.717, 1.165) is 30.2 Å². The van der Waals surface area contributed by atoms with Gasteiger partial charge in [-0.3, -0.25) is 4.79 Å². The highest BCUT2D eigenvalue weighted by molar-refractivity contribution is 5.96.